The van der Waals surface area contributed by atoms with E-state index in [2.05, 4.69) is 5.32 Å². The monoisotopic (exact) mass is 366 g/mol. The predicted octanol–water partition coefficient (Wildman–Crippen LogP) is 3.32. The summed E-state index contributed by atoms with van der Waals surface area (Å²) >= 11 is 0. The van der Waals surface area contributed by atoms with Crippen LogP contribution in [0.3, 0.4) is 0 Å². The molecule has 2 aromatic rings. The molecule has 2 amide bonds. The molecule has 3 rings (SSSR count). The van der Waals surface area contributed by atoms with Gasteiger partial charge in [-0.05, 0) is 60.9 Å². The van der Waals surface area contributed by atoms with Gasteiger partial charge in [-0.2, -0.15) is 0 Å². The number of hydrogen-bond donors (Lipinski definition) is 1. The van der Waals surface area contributed by atoms with E-state index in [4.69, 9.17) is 9.47 Å². The molecule has 0 aromatic heterocycles. The Balaban J connectivity index is 1.73. The summed E-state index contributed by atoms with van der Waals surface area (Å²) in [5, 5.41) is 2.82. The minimum Gasteiger partial charge on any atom is -0.497 e. The number of carbonyl (C=O) groups excluding carboxylic acids is 2. The third kappa shape index (κ3) is 3.95. The van der Waals surface area contributed by atoms with Crippen LogP contribution >= 0.6 is 0 Å². The van der Waals surface area contributed by atoms with Gasteiger partial charge in [0, 0.05) is 24.9 Å². The molecule has 0 radical (unpaired) electrons. The number of likely N-dealkylation sites (N-methyl/N-ethyl adjacent to an activating group) is 1. The standard InChI is InChI=1S/C21H22N2O4/c1-13-9-16(26-4)10-14(2)17(13)6-8-20(24)22-15-5-7-18-19(11-15)27-12-21(25)23(18)3/h5-11H,12H2,1-4H3,(H,22,24)/b8-6+. The lowest BCUT2D eigenvalue weighted by Crippen LogP contribution is -2.35. The molecule has 0 atom stereocenters. The Bertz CT molecular complexity index is 911. The third-order valence-electron chi connectivity index (χ3n) is 4.52. The molecule has 1 heterocycles. The normalized spacial score (nSPS) is 13.3. The molecule has 0 unspecified atom stereocenters. The van der Waals surface area contributed by atoms with Crippen LogP contribution in [0.4, 0.5) is 11.4 Å². The van der Waals surface area contributed by atoms with Gasteiger partial charge < -0.3 is 19.7 Å². The summed E-state index contributed by atoms with van der Waals surface area (Å²) in [6, 6.07) is 9.08. The molecule has 0 fully saturated rings. The summed E-state index contributed by atoms with van der Waals surface area (Å²) in [6.07, 6.45) is 3.29. The zero-order valence-electron chi connectivity index (χ0n) is 15.8. The number of methoxy groups -OCH3 is 1. The van der Waals surface area contributed by atoms with Crippen LogP contribution in [-0.4, -0.2) is 32.6 Å². The fraction of sp³-hybridized carbons (Fsp3) is 0.238. The minimum atomic E-state index is -0.246. The van der Waals surface area contributed by atoms with Crippen LogP contribution in [0, 0.1) is 13.8 Å². The maximum atomic E-state index is 12.3. The number of hydrogen-bond acceptors (Lipinski definition) is 4. The number of fused-ring (bicyclic) bond motifs is 1. The second-order valence-electron chi connectivity index (χ2n) is 6.42. The molecule has 1 aliphatic rings. The smallest absolute Gasteiger partial charge is 0.264 e. The van der Waals surface area contributed by atoms with E-state index in [-0.39, 0.29) is 18.4 Å². The van der Waals surface area contributed by atoms with Crippen LogP contribution in [-0.2, 0) is 9.59 Å². The molecular formula is C21H22N2O4. The van der Waals surface area contributed by atoms with E-state index < -0.39 is 0 Å². The summed E-state index contributed by atoms with van der Waals surface area (Å²) in [7, 11) is 3.33. The SMILES string of the molecule is COc1cc(C)c(/C=C/C(=O)Nc2ccc3c(c2)OCC(=O)N3C)c(C)c1. The quantitative estimate of drug-likeness (QED) is 0.843. The van der Waals surface area contributed by atoms with Gasteiger partial charge in [0.25, 0.3) is 5.91 Å². The second-order valence-corrected chi connectivity index (χ2v) is 6.42. The van der Waals surface area contributed by atoms with E-state index >= 15 is 0 Å². The average molecular weight is 366 g/mol. The van der Waals surface area contributed by atoms with E-state index in [1.165, 1.54) is 6.08 Å². The van der Waals surface area contributed by atoms with Gasteiger partial charge in [-0.1, -0.05) is 0 Å². The fourth-order valence-electron chi connectivity index (χ4n) is 3.01. The Labute approximate surface area is 158 Å². The molecule has 0 bridgehead atoms. The van der Waals surface area contributed by atoms with Gasteiger partial charge in [0.2, 0.25) is 5.91 Å². The van der Waals surface area contributed by atoms with E-state index in [1.807, 2.05) is 26.0 Å². The lowest BCUT2D eigenvalue weighted by molar-refractivity contribution is -0.121. The first-order valence-corrected chi connectivity index (χ1v) is 8.56. The van der Waals surface area contributed by atoms with Crippen molar-refractivity contribution < 1.29 is 19.1 Å². The molecule has 6 heteroatoms. The van der Waals surface area contributed by atoms with Crippen molar-refractivity contribution in [1.29, 1.82) is 0 Å². The summed E-state index contributed by atoms with van der Waals surface area (Å²) in [5.74, 6) is 1.02. The molecule has 6 nitrogen and oxygen atoms in total. The highest BCUT2D eigenvalue weighted by atomic mass is 16.5. The number of carbonyl (C=O) groups is 2. The van der Waals surface area contributed by atoms with Crippen LogP contribution in [0.2, 0.25) is 0 Å². The Morgan fingerprint density at radius 3 is 2.59 bits per heavy atom. The Kier molecular flexibility index (Phi) is 5.16. The Morgan fingerprint density at radius 2 is 1.93 bits per heavy atom. The van der Waals surface area contributed by atoms with Crippen molar-refractivity contribution in [2.75, 3.05) is 31.0 Å². The van der Waals surface area contributed by atoms with Gasteiger partial charge >= 0.3 is 0 Å². The molecule has 0 saturated heterocycles. The highest BCUT2D eigenvalue weighted by Gasteiger charge is 2.22. The van der Waals surface area contributed by atoms with Gasteiger partial charge in [0.05, 0.1) is 12.8 Å². The van der Waals surface area contributed by atoms with Crippen molar-refractivity contribution in [3.8, 4) is 11.5 Å². The van der Waals surface area contributed by atoms with Crippen molar-refractivity contribution in [1.82, 2.24) is 0 Å². The molecular weight excluding hydrogens is 344 g/mol. The Hall–Kier alpha value is -3.28. The van der Waals surface area contributed by atoms with Crippen LogP contribution in [0.15, 0.2) is 36.4 Å². The fourth-order valence-corrected chi connectivity index (χ4v) is 3.01. The van der Waals surface area contributed by atoms with Crippen molar-refractivity contribution >= 4 is 29.3 Å². The molecule has 0 saturated carbocycles. The van der Waals surface area contributed by atoms with E-state index in [0.717, 1.165) is 22.4 Å². The van der Waals surface area contributed by atoms with Crippen LogP contribution in [0.1, 0.15) is 16.7 Å². The number of anilines is 2. The third-order valence-corrected chi connectivity index (χ3v) is 4.52. The molecule has 1 N–H and O–H groups in total. The summed E-state index contributed by atoms with van der Waals surface area (Å²) in [5.41, 5.74) is 4.34. The maximum Gasteiger partial charge on any atom is 0.264 e. The molecule has 2 aromatic carbocycles. The topological polar surface area (TPSA) is 67.9 Å². The van der Waals surface area contributed by atoms with Crippen LogP contribution < -0.4 is 19.7 Å². The summed E-state index contributed by atoms with van der Waals surface area (Å²) in [6.45, 7) is 3.95. The van der Waals surface area contributed by atoms with Crippen LogP contribution in [0.25, 0.3) is 6.08 Å². The maximum absolute atomic E-state index is 12.3. The van der Waals surface area contributed by atoms with Gasteiger partial charge in [0.15, 0.2) is 6.61 Å². The number of aryl methyl sites for hydroxylation is 2. The van der Waals surface area contributed by atoms with Crippen molar-refractivity contribution in [3.05, 3.63) is 53.1 Å². The number of nitrogens with zero attached hydrogens (tertiary/aromatic N) is 1. The average Bonchev–Trinajstić information content (AvgIpc) is 2.64. The second kappa shape index (κ2) is 7.53. The number of rotatable bonds is 4. The van der Waals surface area contributed by atoms with Crippen molar-refractivity contribution in [2.45, 2.75) is 13.8 Å². The van der Waals surface area contributed by atoms with Gasteiger partial charge in [-0.25, -0.2) is 0 Å². The zero-order valence-corrected chi connectivity index (χ0v) is 15.8. The molecule has 0 spiro atoms. The number of amides is 2. The first-order chi connectivity index (χ1) is 12.9. The van der Waals surface area contributed by atoms with Gasteiger partial charge in [0.1, 0.15) is 11.5 Å². The largest absolute Gasteiger partial charge is 0.497 e. The first-order valence-electron chi connectivity index (χ1n) is 8.56. The molecule has 140 valence electrons. The lowest BCUT2D eigenvalue weighted by Gasteiger charge is -2.26. The highest BCUT2D eigenvalue weighted by Crippen LogP contribution is 2.33. The van der Waals surface area contributed by atoms with Crippen LogP contribution in [0.5, 0.6) is 11.5 Å². The van der Waals surface area contributed by atoms with E-state index in [1.54, 1.807) is 43.3 Å². The molecule has 0 aliphatic carbocycles. The van der Waals surface area contributed by atoms with E-state index in [9.17, 15) is 9.59 Å². The van der Waals surface area contributed by atoms with Gasteiger partial charge in [-0.15, -0.1) is 0 Å². The minimum absolute atomic E-state index is 0.00315. The Morgan fingerprint density at radius 1 is 1.22 bits per heavy atom. The molecule has 1 aliphatic heterocycles. The lowest BCUT2D eigenvalue weighted by atomic mass is 10.0. The number of ether oxygens (including phenoxy) is 2. The van der Waals surface area contributed by atoms with Gasteiger partial charge in [-0.3, -0.25) is 9.59 Å². The zero-order chi connectivity index (χ0) is 19.6. The molecule has 27 heavy (non-hydrogen) atoms. The van der Waals surface area contributed by atoms with Crippen molar-refractivity contribution in [2.24, 2.45) is 0 Å². The van der Waals surface area contributed by atoms with E-state index in [0.29, 0.717) is 17.1 Å². The predicted molar refractivity (Wildman–Crippen MR) is 105 cm³/mol. The number of benzene rings is 2. The number of nitrogens with one attached hydrogen (secondary N) is 1. The summed E-state index contributed by atoms with van der Waals surface area (Å²) in [4.78, 5) is 25.5. The van der Waals surface area contributed by atoms with Crippen molar-refractivity contribution in [3.63, 3.8) is 0 Å². The first kappa shape index (κ1) is 18.5. The summed E-state index contributed by atoms with van der Waals surface area (Å²) < 4.78 is 10.7. The highest BCUT2D eigenvalue weighted by molar-refractivity contribution is 6.03.